The summed E-state index contributed by atoms with van der Waals surface area (Å²) in [7, 11) is 0. The molecule has 1 aromatic rings. The van der Waals surface area contributed by atoms with Crippen LogP contribution in [0.1, 0.15) is 33.4 Å². The number of rotatable bonds is 6. The summed E-state index contributed by atoms with van der Waals surface area (Å²) in [6, 6.07) is -1.78. The van der Waals surface area contributed by atoms with Crippen LogP contribution in [0, 0.1) is 0 Å². The minimum absolute atomic E-state index is 0.0149. The molecule has 4 aliphatic heterocycles. The average molecular weight is 611 g/mol. The summed E-state index contributed by atoms with van der Waals surface area (Å²) in [6.07, 6.45) is -0.764. The normalized spacial score (nSPS) is 29.1. The van der Waals surface area contributed by atoms with Gasteiger partial charge in [0.1, 0.15) is 17.1 Å². The topological polar surface area (TPSA) is 205 Å². The second-order valence-corrected chi connectivity index (χ2v) is 12.7. The summed E-state index contributed by atoms with van der Waals surface area (Å²) < 4.78 is 9.57. The Labute approximate surface area is 241 Å². The van der Waals surface area contributed by atoms with Crippen molar-refractivity contribution in [1.82, 2.24) is 25.9 Å². The second-order valence-electron chi connectivity index (χ2n) is 10.5. The first-order valence-electron chi connectivity index (χ1n) is 12.5. The number of thiazole rings is 1. The molecule has 5 amide bonds. The molecule has 1 aromatic heterocycles. The third-order valence-corrected chi connectivity index (χ3v) is 9.26. The molecule has 4 atom stereocenters. The van der Waals surface area contributed by atoms with Crippen molar-refractivity contribution in [2.24, 2.45) is 0 Å². The fourth-order valence-corrected chi connectivity index (χ4v) is 7.92. The van der Waals surface area contributed by atoms with Crippen LogP contribution >= 0.6 is 23.1 Å². The van der Waals surface area contributed by atoms with Gasteiger partial charge in [-0.15, -0.1) is 11.3 Å². The van der Waals surface area contributed by atoms with Crippen LogP contribution in [0.4, 0.5) is 14.7 Å². The lowest BCUT2D eigenvalue weighted by atomic mass is 9.93. The Morgan fingerprint density at radius 3 is 2.63 bits per heavy atom. The Hall–Kier alpha value is -3.74. The lowest BCUT2D eigenvalue weighted by molar-refractivity contribution is -0.953. The van der Waals surface area contributed by atoms with Crippen molar-refractivity contribution in [3.8, 4) is 0 Å². The molecule has 3 saturated heterocycles. The van der Waals surface area contributed by atoms with E-state index in [1.807, 2.05) is 0 Å². The van der Waals surface area contributed by atoms with Crippen LogP contribution in [-0.2, 0) is 33.5 Å². The molecule has 0 aliphatic carbocycles. The number of hydrogen-bond acceptors (Lipinski definition) is 12. The summed E-state index contributed by atoms with van der Waals surface area (Å²) in [5.74, 6) is -3.51. The van der Waals surface area contributed by atoms with E-state index in [1.54, 1.807) is 26.2 Å². The van der Waals surface area contributed by atoms with E-state index in [9.17, 15) is 33.9 Å². The van der Waals surface area contributed by atoms with Gasteiger partial charge in [-0.05, 0) is 20.8 Å². The van der Waals surface area contributed by atoms with Gasteiger partial charge >= 0.3 is 30.0 Å². The van der Waals surface area contributed by atoms with Gasteiger partial charge in [-0.3, -0.25) is 20.2 Å². The lowest BCUT2D eigenvalue weighted by Gasteiger charge is -2.60. The van der Waals surface area contributed by atoms with Gasteiger partial charge in [0.25, 0.3) is 5.70 Å². The Morgan fingerprint density at radius 1 is 1.29 bits per heavy atom. The second kappa shape index (κ2) is 9.97. The van der Waals surface area contributed by atoms with Crippen LogP contribution in [0.25, 0.3) is 0 Å². The van der Waals surface area contributed by atoms with Crippen molar-refractivity contribution in [1.29, 1.82) is 0 Å². The molecular formula is C23H28N7O9S2+. The third kappa shape index (κ3) is 4.59. The number of urea groups is 1. The van der Waals surface area contributed by atoms with E-state index in [4.69, 9.17) is 9.47 Å². The summed E-state index contributed by atoms with van der Waals surface area (Å²) in [6.45, 7) is 5.47. The molecule has 16 nitrogen and oxygen atoms in total. The van der Waals surface area contributed by atoms with Crippen molar-refractivity contribution >= 4 is 64.1 Å². The average Bonchev–Trinajstić information content (AvgIpc) is 3.51. The first kappa shape index (κ1) is 28.8. The quantitative estimate of drug-likeness (QED) is 0.164. The van der Waals surface area contributed by atoms with E-state index in [2.05, 4.69) is 26.3 Å². The highest BCUT2D eigenvalue weighted by Gasteiger charge is 2.79. The number of esters is 1. The molecule has 5 heterocycles. The maximum Gasteiger partial charge on any atom is 0.413 e. The number of anilines is 1. The highest BCUT2D eigenvalue weighted by Crippen LogP contribution is 2.59. The van der Waals surface area contributed by atoms with Gasteiger partial charge < -0.3 is 25.2 Å². The van der Waals surface area contributed by atoms with Crippen LogP contribution in [0.3, 0.4) is 0 Å². The van der Waals surface area contributed by atoms with Crippen LogP contribution in [0.2, 0.25) is 0 Å². The molecule has 5 N–H and O–H groups in total. The predicted molar refractivity (Wildman–Crippen MR) is 142 cm³/mol. The molecule has 0 saturated carbocycles. The fourth-order valence-electron chi connectivity index (χ4n) is 5.26. The number of nitrogens with zero attached hydrogens (tertiary/aromatic N) is 3. The largest absolute Gasteiger partial charge is 0.474 e. The zero-order valence-corrected chi connectivity index (χ0v) is 24.1. The molecular weight excluding hydrogens is 582 g/mol. The number of ether oxygens (including phenoxy) is 2. The Bertz CT molecular complexity index is 1410. The molecule has 0 spiro atoms. The molecule has 3 unspecified atom stereocenters. The first-order chi connectivity index (χ1) is 19.2. The zero-order valence-electron chi connectivity index (χ0n) is 22.4. The number of aliphatic carboxylic acids is 1. The third-order valence-electron chi connectivity index (χ3n) is 6.73. The SMILES string of the molecule is CC(=O)OCC1=C(C(=O)O)[N+]2(N3CCNC3=O)C(=O)C3NC(=O)CNC1(c1csc(NC(=O)OC(C)(C)C)n1)S[C@@H]32. The number of β-lactam (4-membered cyclic amide) rings is 1. The highest BCUT2D eigenvalue weighted by atomic mass is 32.2. The molecule has 41 heavy (non-hydrogen) atoms. The molecule has 0 aromatic carbocycles. The maximum atomic E-state index is 13.8. The van der Waals surface area contributed by atoms with Gasteiger partial charge in [-0.1, -0.05) is 16.4 Å². The first-order valence-corrected chi connectivity index (χ1v) is 14.2. The van der Waals surface area contributed by atoms with Gasteiger partial charge in [0, 0.05) is 18.8 Å². The Kier molecular flexibility index (Phi) is 6.99. The Balaban J connectivity index is 1.71. The number of hydrogen-bond donors (Lipinski definition) is 5. The van der Waals surface area contributed by atoms with Crippen LogP contribution in [-0.4, -0.2) is 98.8 Å². The highest BCUT2D eigenvalue weighted by molar-refractivity contribution is 8.01. The molecule has 5 rings (SSSR count). The monoisotopic (exact) mass is 610 g/mol. The number of aromatic nitrogens is 1. The van der Waals surface area contributed by atoms with E-state index >= 15 is 0 Å². The number of carboxylic acid groups (broad SMARTS) is 1. The molecule has 2 bridgehead atoms. The number of nitrogens with one attached hydrogen (secondary N) is 4. The van der Waals surface area contributed by atoms with E-state index in [-0.39, 0.29) is 36.0 Å². The maximum absolute atomic E-state index is 13.8. The summed E-state index contributed by atoms with van der Waals surface area (Å²) in [5.41, 5.74) is -1.17. The zero-order chi connectivity index (χ0) is 29.9. The van der Waals surface area contributed by atoms with E-state index in [0.717, 1.165) is 35.0 Å². The molecule has 18 heteroatoms. The van der Waals surface area contributed by atoms with Gasteiger partial charge in [0.05, 0.1) is 24.4 Å². The minimum Gasteiger partial charge on any atom is -0.474 e. The number of fused-ring (bicyclic) bond motifs is 1. The van der Waals surface area contributed by atoms with Gasteiger partial charge in [0.15, 0.2) is 5.13 Å². The Morgan fingerprint density at radius 2 is 2.02 bits per heavy atom. The lowest BCUT2D eigenvalue weighted by Crippen LogP contribution is -2.88. The summed E-state index contributed by atoms with van der Waals surface area (Å²) >= 11 is 2.10. The number of quaternary nitrogens is 1. The van der Waals surface area contributed by atoms with E-state index in [1.165, 1.54) is 0 Å². The smallest absolute Gasteiger partial charge is 0.413 e. The number of amides is 5. The van der Waals surface area contributed by atoms with Crippen LogP contribution in [0.5, 0.6) is 0 Å². The van der Waals surface area contributed by atoms with E-state index in [0.29, 0.717) is 0 Å². The van der Waals surface area contributed by atoms with Crippen molar-refractivity contribution < 1.29 is 47.9 Å². The van der Waals surface area contributed by atoms with Crippen molar-refractivity contribution in [2.75, 3.05) is 31.6 Å². The van der Waals surface area contributed by atoms with Gasteiger partial charge in [0.2, 0.25) is 17.3 Å². The van der Waals surface area contributed by atoms with Gasteiger partial charge in [-0.25, -0.2) is 24.2 Å². The van der Waals surface area contributed by atoms with Crippen molar-refractivity contribution in [3.05, 3.63) is 22.3 Å². The number of thioether (sulfide) groups is 1. The molecule has 220 valence electrons. The van der Waals surface area contributed by atoms with E-state index < -0.39 is 74.7 Å². The fraction of sp³-hybridized carbons (Fsp3) is 0.522. The predicted octanol–water partition coefficient (Wildman–Crippen LogP) is 0.00280. The minimum atomic E-state index is -1.60. The van der Waals surface area contributed by atoms with Crippen LogP contribution < -0.4 is 21.3 Å². The number of carbonyl (C=O) groups is 6. The summed E-state index contributed by atoms with van der Waals surface area (Å²) in [4.78, 5) is 79.9. The molecule has 4 aliphatic rings. The molecule has 0 radical (unpaired) electrons. The number of carbonyl (C=O) groups excluding carboxylic acids is 5. The summed E-state index contributed by atoms with van der Waals surface area (Å²) in [5, 5.41) is 23.2. The van der Waals surface area contributed by atoms with Crippen molar-refractivity contribution in [2.45, 2.75) is 49.6 Å². The standard InChI is InChI=1S/C23H27N7O9S2/c1-10(31)38-8-11-15(18(34)35)30(29-6-5-24-20(29)36)16(33)14-17(30)41-23(11,25-7-13(32)27-14)12-9-40-19(26-12)28-21(37)39-22(2,3)4/h9,14,17,25H,5-8H2,1-4H3,(H3-,24,26,27,28,32,34,35,36,37)/p+1/t14?,17-,23?,30?/m0/s1. The van der Waals surface area contributed by atoms with Crippen LogP contribution in [0.15, 0.2) is 16.7 Å². The van der Waals surface area contributed by atoms with Crippen molar-refractivity contribution in [3.63, 3.8) is 0 Å². The molecule has 3 fully saturated rings. The van der Waals surface area contributed by atoms with Gasteiger partial charge in [-0.2, -0.15) is 5.01 Å². The number of carboxylic acids is 1.